The molecule has 1 heterocycles. The quantitative estimate of drug-likeness (QED) is 0.616. The average Bonchev–Trinajstić information content (AvgIpc) is 2.13. The molecule has 1 aromatic heterocycles. The molecule has 0 spiro atoms. The van der Waals surface area contributed by atoms with Crippen molar-refractivity contribution in [1.29, 1.82) is 0 Å². The molecule has 2 nitrogen and oxygen atoms in total. The van der Waals surface area contributed by atoms with Crippen LogP contribution in [0.3, 0.4) is 0 Å². The maximum absolute atomic E-state index is 11.6. The van der Waals surface area contributed by atoms with Crippen LogP contribution in [0.1, 0.15) is 12.8 Å². The normalized spacial score (nSPS) is 10.1. The lowest BCUT2D eigenvalue weighted by Crippen LogP contribution is -2.20. The predicted molar refractivity (Wildman–Crippen MR) is 65.5 cm³/mol. The summed E-state index contributed by atoms with van der Waals surface area (Å²) in [5.74, 6) is 0. The second kappa shape index (κ2) is 5.51. The molecule has 0 aliphatic carbocycles. The van der Waals surface area contributed by atoms with E-state index in [4.69, 9.17) is 0 Å². The van der Waals surface area contributed by atoms with Crippen molar-refractivity contribution in [2.75, 3.05) is 0 Å². The highest BCUT2D eigenvalue weighted by molar-refractivity contribution is 9.11. The first-order valence-corrected chi connectivity index (χ1v) is 5.90. The smallest absolute Gasteiger partial charge is 0.264 e. The summed E-state index contributed by atoms with van der Waals surface area (Å²) >= 11 is 6.57. The molecule has 4 heteroatoms. The molecule has 1 aromatic rings. The molecule has 0 amide bonds. The summed E-state index contributed by atoms with van der Waals surface area (Å²) in [7, 11) is 0. The van der Waals surface area contributed by atoms with Crippen molar-refractivity contribution in [2.45, 2.75) is 19.4 Å². The molecule has 1 rings (SSSR count). The number of halogens is 2. The Bertz CT molecular complexity index is 384. The molecule has 0 aromatic carbocycles. The lowest BCUT2D eigenvalue weighted by atomic mass is 10.3. The summed E-state index contributed by atoms with van der Waals surface area (Å²) in [5, 5.41) is 0. The molecule has 0 N–H and O–H groups in total. The van der Waals surface area contributed by atoms with Gasteiger partial charge in [-0.05, 0) is 50.8 Å². The number of allylic oxidation sites excluding steroid dienone is 1. The van der Waals surface area contributed by atoms with Crippen molar-refractivity contribution in [3.05, 3.63) is 44.2 Å². The Labute approximate surface area is 99.9 Å². The van der Waals surface area contributed by atoms with Gasteiger partial charge in [-0.3, -0.25) is 4.79 Å². The van der Waals surface area contributed by atoms with Crippen LogP contribution >= 0.6 is 31.9 Å². The molecule has 0 saturated carbocycles. The van der Waals surface area contributed by atoms with E-state index in [0.717, 1.165) is 23.9 Å². The van der Waals surface area contributed by atoms with E-state index < -0.39 is 0 Å². The van der Waals surface area contributed by atoms with Crippen LogP contribution in [0, 0.1) is 0 Å². The fourth-order valence-corrected chi connectivity index (χ4v) is 2.39. The van der Waals surface area contributed by atoms with Gasteiger partial charge in [0, 0.05) is 17.2 Å². The second-order valence-corrected chi connectivity index (χ2v) is 4.71. The van der Waals surface area contributed by atoms with Crippen molar-refractivity contribution < 1.29 is 0 Å². The highest BCUT2D eigenvalue weighted by Gasteiger charge is 2.01. The van der Waals surface area contributed by atoms with Crippen LogP contribution in [0.15, 0.2) is 38.7 Å². The van der Waals surface area contributed by atoms with Gasteiger partial charge in [0.05, 0.1) is 4.47 Å². The number of hydrogen-bond donors (Lipinski definition) is 0. The van der Waals surface area contributed by atoms with Gasteiger partial charge >= 0.3 is 0 Å². The summed E-state index contributed by atoms with van der Waals surface area (Å²) in [6.45, 7) is 4.37. The zero-order valence-electron chi connectivity index (χ0n) is 7.67. The minimum absolute atomic E-state index is 0.0114. The van der Waals surface area contributed by atoms with Crippen molar-refractivity contribution >= 4 is 31.9 Å². The summed E-state index contributed by atoms with van der Waals surface area (Å²) in [5.41, 5.74) is 0.0114. The van der Waals surface area contributed by atoms with Gasteiger partial charge in [-0.1, -0.05) is 6.08 Å². The summed E-state index contributed by atoms with van der Waals surface area (Å²) in [6, 6.07) is 1.76. The van der Waals surface area contributed by atoms with Crippen LogP contribution in [0.2, 0.25) is 0 Å². The number of unbranched alkanes of at least 4 members (excludes halogenated alkanes) is 1. The van der Waals surface area contributed by atoms with Gasteiger partial charge in [-0.25, -0.2) is 0 Å². The lowest BCUT2D eigenvalue weighted by Gasteiger charge is -2.05. The van der Waals surface area contributed by atoms with Crippen LogP contribution < -0.4 is 5.56 Å². The Kier molecular flexibility index (Phi) is 4.62. The molecule has 0 aliphatic heterocycles. The largest absolute Gasteiger partial charge is 0.313 e. The number of pyridine rings is 1. The monoisotopic (exact) mass is 319 g/mol. The highest BCUT2D eigenvalue weighted by atomic mass is 79.9. The van der Waals surface area contributed by atoms with Crippen molar-refractivity contribution in [2.24, 2.45) is 0 Å². The van der Waals surface area contributed by atoms with Crippen molar-refractivity contribution in [3.8, 4) is 0 Å². The van der Waals surface area contributed by atoms with Gasteiger partial charge in [0.2, 0.25) is 0 Å². The fourth-order valence-electron chi connectivity index (χ4n) is 1.14. The third-order valence-corrected chi connectivity index (χ3v) is 2.82. The Morgan fingerprint density at radius 1 is 1.50 bits per heavy atom. The fraction of sp³-hybridized carbons (Fsp3) is 0.300. The summed E-state index contributed by atoms with van der Waals surface area (Å²) < 4.78 is 3.19. The van der Waals surface area contributed by atoms with E-state index in [-0.39, 0.29) is 5.56 Å². The van der Waals surface area contributed by atoms with E-state index in [1.807, 2.05) is 6.08 Å². The van der Waals surface area contributed by atoms with Crippen LogP contribution in [0.5, 0.6) is 0 Å². The molecule has 76 valence electrons. The minimum Gasteiger partial charge on any atom is -0.313 e. The number of aromatic nitrogens is 1. The third-order valence-electron chi connectivity index (χ3n) is 1.82. The highest BCUT2D eigenvalue weighted by Crippen LogP contribution is 2.13. The summed E-state index contributed by atoms with van der Waals surface area (Å²) in [6.07, 6.45) is 5.52. The van der Waals surface area contributed by atoms with Crippen LogP contribution in [0.4, 0.5) is 0 Å². The molecule has 0 unspecified atom stereocenters. The zero-order chi connectivity index (χ0) is 10.6. The summed E-state index contributed by atoms with van der Waals surface area (Å²) in [4.78, 5) is 11.6. The first kappa shape index (κ1) is 11.7. The topological polar surface area (TPSA) is 22.0 Å². The number of hydrogen-bond acceptors (Lipinski definition) is 1. The van der Waals surface area contributed by atoms with E-state index in [9.17, 15) is 4.79 Å². The first-order chi connectivity index (χ1) is 6.65. The maximum Gasteiger partial charge on any atom is 0.264 e. The first-order valence-electron chi connectivity index (χ1n) is 4.31. The molecule has 0 fully saturated rings. The minimum atomic E-state index is 0.0114. The SMILES string of the molecule is C=CCCCn1cc(Br)cc(Br)c1=O. The Morgan fingerprint density at radius 3 is 2.86 bits per heavy atom. The number of nitrogens with zero attached hydrogens (tertiary/aromatic N) is 1. The van der Waals surface area contributed by atoms with E-state index >= 15 is 0 Å². The zero-order valence-corrected chi connectivity index (χ0v) is 10.8. The van der Waals surface area contributed by atoms with E-state index in [0.29, 0.717) is 4.47 Å². The molecular weight excluding hydrogens is 310 g/mol. The van der Waals surface area contributed by atoms with Crippen molar-refractivity contribution in [3.63, 3.8) is 0 Å². The van der Waals surface area contributed by atoms with E-state index in [2.05, 4.69) is 38.4 Å². The maximum atomic E-state index is 11.6. The lowest BCUT2D eigenvalue weighted by molar-refractivity contribution is 0.625. The van der Waals surface area contributed by atoms with Crippen LogP contribution in [-0.2, 0) is 6.54 Å². The molecule has 0 atom stereocenters. The molecule has 0 radical (unpaired) electrons. The standard InChI is InChI=1S/C10H11Br2NO/c1-2-3-4-5-13-7-8(11)6-9(12)10(13)14/h2,6-7H,1,3-5H2. The molecule has 0 aliphatic rings. The number of rotatable bonds is 4. The third kappa shape index (κ3) is 3.10. The second-order valence-electron chi connectivity index (χ2n) is 2.94. The Hall–Kier alpha value is -0.350. The van der Waals surface area contributed by atoms with Crippen LogP contribution in [-0.4, -0.2) is 4.57 Å². The Morgan fingerprint density at radius 2 is 2.21 bits per heavy atom. The van der Waals surface area contributed by atoms with Gasteiger partial charge in [-0.15, -0.1) is 6.58 Å². The van der Waals surface area contributed by atoms with Gasteiger partial charge in [0.15, 0.2) is 0 Å². The molecule has 0 saturated heterocycles. The van der Waals surface area contributed by atoms with Gasteiger partial charge in [-0.2, -0.15) is 0 Å². The van der Waals surface area contributed by atoms with Gasteiger partial charge < -0.3 is 4.57 Å². The number of aryl methyl sites for hydroxylation is 1. The molecule has 0 bridgehead atoms. The molecule has 14 heavy (non-hydrogen) atoms. The average molecular weight is 321 g/mol. The predicted octanol–water partition coefficient (Wildman–Crippen LogP) is 3.34. The Balaban J connectivity index is 2.85. The van der Waals surface area contributed by atoms with Gasteiger partial charge in [0.1, 0.15) is 0 Å². The van der Waals surface area contributed by atoms with Gasteiger partial charge in [0.25, 0.3) is 5.56 Å². The molecular formula is C10H11Br2NO. The van der Waals surface area contributed by atoms with E-state index in [1.165, 1.54) is 0 Å². The van der Waals surface area contributed by atoms with Crippen LogP contribution in [0.25, 0.3) is 0 Å². The van der Waals surface area contributed by atoms with Crippen molar-refractivity contribution in [1.82, 2.24) is 4.57 Å². The van der Waals surface area contributed by atoms with E-state index in [1.54, 1.807) is 16.8 Å².